The number of nitrogens with one attached hydrogen (secondary N) is 1. The highest BCUT2D eigenvalue weighted by molar-refractivity contribution is 5.91. The molecule has 0 saturated heterocycles. The standard InChI is InChI=1S/C21H16N2O3/c24-21(11-10-15-6-2-1-3-7-15)22-14-17-13-20(26-23-17)19-12-16-8-4-5-9-18(16)25-19/h1-13H,14H2,(H,22,24)/b11-10-. The molecule has 0 saturated carbocycles. The van der Waals surface area contributed by atoms with Gasteiger partial charge in [-0.1, -0.05) is 53.7 Å². The van der Waals surface area contributed by atoms with E-state index in [1.54, 1.807) is 12.1 Å². The van der Waals surface area contributed by atoms with Crippen LogP contribution in [0.5, 0.6) is 0 Å². The lowest BCUT2D eigenvalue weighted by atomic mass is 10.2. The van der Waals surface area contributed by atoms with Gasteiger partial charge in [0, 0.05) is 17.5 Å². The Morgan fingerprint density at radius 3 is 2.65 bits per heavy atom. The number of hydrogen-bond donors (Lipinski definition) is 1. The molecule has 2 heterocycles. The topological polar surface area (TPSA) is 68.3 Å². The van der Waals surface area contributed by atoms with E-state index in [1.807, 2.05) is 60.7 Å². The third kappa shape index (κ3) is 3.57. The number of nitrogens with zero attached hydrogens (tertiary/aromatic N) is 1. The van der Waals surface area contributed by atoms with Gasteiger partial charge in [-0.3, -0.25) is 4.79 Å². The Balaban J connectivity index is 1.39. The summed E-state index contributed by atoms with van der Waals surface area (Å²) in [5, 5.41) is 7.76. The summed E-state index contributed by atoms with van der Waals surface area (Å²) in [6.45, 7) is 0.279. The maximum Gasteiger partial charge on any atom is 0.244 e. The zero-order valence-electron chi connectivity index (χ0n) is 13.9. The second kappa shape index (κ2) is 7.11. The average molecular weight is 344 g/mol. The lowest BCUT2D eigenvalue weighted by molar-refractivity contribution is -0.116. The third-order valence-electron chi connectivity index (χ3n) is 3.90. The minimum absolute atomic E-state index is 0.192. The van der Waals surface area contributed by atoms with Crippen molar-refractivity contribution >= 4 is 23.0 Å². The summed E-state index contributed by atoms with van der Waals surface area (Å²) in [5.41, 5.74) is 2.39. The van der Waals surface area contributed by atoms with Crippen LogP contribution in [0.25, 0.3) is 28.6 Å². The van der Waals surface area contributed by atoms with Crippen LogP contribution in [0.3, 0.4) is 0 Å². The van der Waals surface area contributed by atoms with Crippen LogP contribution in [0.4, 0.5) is 0 Å². The first-order valence-corrected chi connectivity index (χ1v) is 8.23. The summed E-state index contributed by atoms with van der Waals surface area (Å²) < 4.78 is 11.1. The molecule has 0 atom stereocenters. The predicted molar refractivity (Wildman–Crippen MR) is 99.0 cm³/mol. The highest BCUT2D eigenvalue weighted by Crippen LogP contribution is 2.28. The molecule has 0 aliphatic heterocycles. The third-order valence-corrected chi connectivity index (χ3v) is 3.90. The van der Waals surface area contributed by atoms with Gasteiger partial charge in [0.15, 0.2) is 5.76 Å². The normalized spacial score (nSPS) is 11.2. The first-order valence-electron chi connectivity index (χ1n) is 8.23. The Bertz CT molecular complexity index is 1030. The van der Waals surface area contributed by atoms with E-state index in [-0.39, 0.29) is 12.5 Å². The Morgan fingerprint density at radius 1 is 1.00 bits per heavy atom. The van der Waals surface area contributed by atoms with Gasteiger partial charge in [-0.2, -0.15) is 0 Å². The number of benzene rings is 2. The number of aromatic nitrogens is 1. The van der Waals surface area contributed by atoms with Crippen LogP contribution in [0.2, 0.25) is 0 Å². The maximum absolute atomic E-state index is 11.9. The van der Waals surface area contributed by atoms with Gasteiger partial charge in [0.2, 0.25) is 11.7 Å². The molecule has 0 unspecified atom stereocenters. The molecule has 0 fully saturated rings. The highest BCUT2D eigenvalue weighted by Gasteiger charge is 2.12. The lowest BCUT2D eigenvalue weighted by Gasteiger charge is -1.97. The van der Waals surface area contributed by atoms with Gasteiger partial charge in [0.1, 0.15) is 11.3 Å². The van der Waals surface area contributed by atoms with E-state index in [1.165, 1.54) is 6.08 Å². The number of furan rings is 1. The van der Waals surface area contributed by atoms with E-state index < -0.39 is 0 Å². The molecule has 0 aliphatic carbocycles. The molecule has 0 spiro atoms. The second-order valence-corrected chi connectivity index (χ2v) is 5.79. The van der Waals surface area contributed by atoms with E-state index in [0.717, 1.165) is 16.5 Å². The van der Waals surface area contributed by atoms with Gasteiger partial charge in [0.05, 0.1) is 6.54 Å². The Hall–Kier alpha value is -3.60. The number of amides is 1. The molecule has 5 heteroatoms. The van der Waals surface area contributed by atoms with Gasteiger partial charge >= 0.3 is 0 Å². The minimum Gasteiger partial charge on any atom is -0.453 e. The molecule has 26 heavy (non-hydrogen) atoms. The van der Waals surface area contributed by atoms with Crippen LogP contribution < -0.4 is 5.32 Å². The Kier molecular flexibility index (Phi) is 4.35. The quantitative estimate of drug-likeness (QED) is 0.544. The number of para-hydroxylation sites is 1. The fourth-order valence-corrected chi connectivity index (χ4v) is 2.59. The van der Waals surface area contributed by atoms with Crippen molar-refractivity contribution in [1.29, 1.82) is 0 Å². The SMILES string of the molecule is O=C(/C=C\c1ccccc1)NCc1cc(-c2cc3ccccc3o2)on1. The lowest BCUT2D eigenvalue weighted by Crippen LogP contribution is -2.20. The molecular weight excluding hydrogens is 328 g/mol. The van der Waals surface area contributed by atoms with E-state index in [0.29, 0.717) is 17.2 Å². The van der Waals surface area contributed by atoms with Crippen molar-refractivity contribution in [1.82, 2.24) is 10.5 Å². The molecular formula is C21H16N2O3. The highest BCUT2D eigenvalue weighted by atomic mass is 16.5. The van der Waals surface area contributed by atoms with Crippen molar-refractivity contribution in [2.24, 2.45) is 0 Å². The molecule has 0 radical (unpaired) electrons. The average Bonchev–Trinajstić information content (AvgIpc) is 3.32. The number of fused-ring (bicyclic) bond motifs is 1. The van der Waals surface area contributed by atoms with Crippen LogP contribution in [-0.2, 0) is 11.3 Å². The van der Waals surface area contributed by atoms with Crippen LogP contribution in [0.15, 0.2) is 81.7 Å². The van der Waals surface area contributed by atoms with Crippen LogP contribution in [-0.4, -0.2) is 11.1 Å². The number of carbonyl (C=O) groups excluding carboxylic acids is 1. The van der Waals surface area contributed by atoms with E-state index in [2.05, 4.69) is 10.5 Å². The summed E-state index contributed by atoms with van der Waals surface area (Å²) in [6, 6.07) is 21.0. The number of hydrogen-bond acceptors (Lipinski definition) is 4. The summed E-state index contributed by atoms with van der Waals surface area (Å²) in [7, 11) is 0. The summed E-state index contributed by atoms with van der Waals surface area (Å²) in [4.78, 5) is 11.9. The summed E-state index contributed by atoms with van der Waals surface area (Å²) >= 11 is 0. The fourth-order valence-electron chi connectivity index (χ4n) is 2.59. The van der Waals surface area contributed by atoms with E-state index in [9.17, 15) is 4.79 Å². The molecule has 128 valence electrons. The van der Waals surface area contributed by atoms with Gasteiger partial charge < -0.3 is 14.3 Å². The van der Waals surface area contributed by atoms with Crippen molar-refractivity contribution in [2.45, 2.75) is 6.54 Å². The monoisotopic (exact) mass is 344 g/mol. The molecule has 5 nitrogen and oxygen atoms in total. The molecule has 2 aromatic heterocycles. The van der Waals surface area contributed by atoms with Crippen molar-refractivity contribution in [3.63, 3.8) is 0 Å². The number of rotatable bonds is 5. The first kappa shape index (κ1) is 15.9. The Labute approximate surface area is 149 Å². The van der Waals surface area contributed by atoms with Crippen LogP contribution in [0, 0.1) is 0 Å². The molecule has 4 aromatic rings. The largest absolute Gasteiger partial charge is 0.453 e. The first-order chi connectivity index (χ1) is 12.8. The van der Waals surface area contributed by atoms with E-state index >= 15 is 0 Å². The molecule has 0 aliphatic rings. The van der Waals surface area contributed by atoms with Crippen LogP contribution in [0.1, 0.15) is 11.3 Å². The molecule has 2 aromatic carbocycles. The van der Waals surface area contributed by atoms with Crippen molar-refractivity contribution in [2.75, 3.05) is 0 Å². The Morgan fingerprint density at radius 2 is 1.81 bits per heavy atom. The summed E-state index contributed by atoms with van der Waals surface area (Å²) in [6.07, 6.45) is 3.26. The van der Waals surface area contributed by atoms with E-state index in [4.69, 9.17) is 8.94 Å². The van der Waals surface area contributed by atoms with Gasteiger partial charge in [-0.05, 0) is 23.8 Å². The van der Waals surface area contributed by atoms with Crippen molar-refractivity contribution < 1.29 is 13.7 Å². The number of carbonyl (C=O) groups is 1. The molecule has 4 rings (SSSR count). The van der Waals surface area contributed by atoms with Crippen molar-refractivity contribution in [3.05, 3.63) is 84.1 Å². The van der Waals surface area contributed by atoms with Crippen LogP contribution >= 0.6 is 0 Å². The molecule has 0 bridgehead atoms. The van der Waals surface area contributed by atoms with Gasteiger partial charge in [0.25, 0.3) is 0 Å². The van der Waals surface area contributed by atoms with Crippen molar-refractivity contribution in [3.8, 4) is 11.5 Å². The molecule has 1 N–H and O–H groups in total. The fraction of sp³-hybridized carbons (Fsp3) is 0.0476. The van der Waals surface area contributed by atoms with Gasteiger partial charge in [-0.15, -0.1) is 0 Å². The predicted octanol–water partition coefficient (Wildman–Crippen LogP) is 4.42. The van der Waals surface area contributed by atoms with Gasteiger partial charge in [-0.25, -0.2) is 0 Å². The zero-order valence-corrected chi connectivity index (χ0v) is 13.9. The minimum atomic E-state index is -0.192. The zero-order chi connectivity index (χ0) is 17.8. The smallest absolute Gasteiger partial charge is 0.244 e. The second-order valence-electron chi connectivity index (χ2n) is 5.79. The maximum atomic E-state index is 11.9. The summed E-state index contributed by atoms with van der Waals surface area (Å²) in [5.74, 6) is 0.952. The molecule has 1 amide bonds.